The summed E-state index contributed by atoms with van der Waals surface area (Å²) in [5.74, 6) is 0.0891. The number of sulfone groups is 1. The highest BCUT2D eigenvalue weighted by atomic mass is 32.2. The van der Waals surface area contributed by atoms with Crippen molar-refractivity contribution in [2.75, 3.05) is 17.8 Å². The fourth-order valence-electron chi connectivity index (χ4n) is 1.16. The van der Waals surface area contributed by atoms with E-state index in [1.807, 2.05) is 0 Å². The summed E-state index contributed by atoms with van der Waals surface area (Å²) in [5.41, 5.74) is 0. The minimum absolute atomic E-state index is 0.0157. The lowest BCUT2D eigenvalue weighted by Crippen LogP contribution is -2.16. The Morgan fingerprint density at radius 1 is 1.35 bits per heavy atom. The lowest BCUT2D eigenvalue weighted by Gasteiger charge is -2.09. The van der Waals surface area contributed by atoms with Gasteiger partial charge >= 0.3 is 0 Å². The first-order chi connectivity index (χ1) is 7.87. The second-order valence-electron chi connectivity index (χ2n) is 3.84. The van der Waals surface area contributed by atoms with E-state index in [9.17, 15) is 17.9 Å². The summed E-state index contributed by atoms with van der Waals surface area (Å²) in [5, 5.41) is 9.57. The van der Waals surface area contributed by atoms with Gasteiger partial charge < -0.3 is 5.11 Å². The Morgan fingerprint density at radius 3 is 2.47 bits per heavy atom. The van der Waals surface area contributed by atoms with E-state index in [2.05, 4.69) is 0 Å². The van der Waals surface area contributed by atoms with Crippen LogP contribution in [0.3, 0.4) is 0 Å². The van der Waals surface area contributed by atoms with Gasteiger partial charge in [0.2, 0.25) is 0 Å². The van der Waals surface area contributed by atoms with Crippen LogP contribution < -0.4 is 0 Å². The van der Waals surface area contributed by atoms with Gasteiger partial charge in [0.15, 0.2) is 0 Å². The number of benzene rings is 1. The molecule has 0 radical (unpaired) electrons. The first-order valence-electron chi connectivity index (χ1n) is 5.11. The second-order valence-corrected chi connectivity index (χ2v) is 7.19. The molecule has 0 fully saturated rings. The minimum Gasteiger partial charge on any atom is -0.392 e. The summed E-state index contributed by atoms with van der Waals surface area (Å²) in [6, 6.07) is 5.96. The molecule has 96 valence electrons. The van der Waals surface area contributed by atoms with Crippen LogP contribution in [0.2, 0.25) is 0 Å². The standard InChI is InChI=1S/C11H15FO3S2/c1-17(14,15)7-6-10(13)8-16-11-4-2-9(12)3-5-11/h2-5,10,13H,6-8H2,1H3. The zero-order chi connectivity index (χ0) is 12.9. The number of aliphatic hydroxyl groups is 1. The van der Waals surface area contributed by atoms with Crippen molar-refractivity contribution in [1.29, 1.82) is 0 Å². The SMILES string of the molecule is CS(=O)(=O)CCC(O)CSc1ccc(F)cc1. The van der Waals surface area contributed by atoms with E-state index in [1.54, 1.807) is 12.1 Å². The molecule has 1 rings (SSSR count). The van der Waals surface area contributed by atoms with Gasteiger partial charge in [-0.3, -0.25) is 0 Å². The highest BCUT2D eigenvalue weighted by molar-refractivity contribution is 7.99. The molecule has 0 aliphatic rings. The second kappa shape index (κ2) is 6.37. The van der Waals surface area contributed by atoms with Crippen molar-refractivity contribution in [2.45, 2.75) is 17.4 Å². The Balaban J connectivity index is 2.33. The number of halogens is 1. The van der Waals surface area contributed by atoms with Gasteiger partial charge in [-0.1, -0.05) is 0 Å². The summed E-state index contributed by atoms with van der Waals surface area (Å²) in [6.45, 7) is 0. The lowest BCUT2D eigenvalue weighted by molar-refractivity contribution is 0.196. The quantitative estimate of drug-likeness (QED) is 0.805. The van der Waals surface area contributed by atoms with Gasteiger partial charge in [-0.05, 0) is 30.7 Å². The van der Waals surface area contributed by atoms with Crippen LogP contribution in [0.4, 0.5) is 4.39 Å². The van der Waals surface area contributed by atoms with E-state index >= 15 is 0 Å². The molecule has 0 amide bonds. The largest absolute Gasteiger partial charge is 0.392 e. The molecule has 0 saturated carbocycles. The normalized spacial score (nSPS) is 13.6. The Hall–Kier alpha value is -0.590. The van der Waals surface area contributed by atoms with Crippen LogP contribution in [-0.4, -0.2) is 37.4 Å². The van der Waals surface area contributed by atoms with E-state index < -0.39 is 15.9 Å². The van der Waals surface area contributed by atoms with Crippen molar-refractivity contribution in [1.82, 2.24) is 0 Å². The average Bonchev–Trinajstić information content (AvgIpc) is 2.25. The van der Waals surface area contributed by atoms with Gasteiger partial charge in [-0.25, -0.2) is 12.8 Å². The van der Waals surface area contributed by atoms with Gasteiger partial charge in [0.1, 0.15) is 15.7 Å². The van der Waals surface area contributed by atoms with Crippen molar-refractivity contribution in [3.05, 3.63) is 30.1 Å². The fraction of sp³-hybridized carbons (Fsp3) is 0.455. The zero-order valence-corrected chi connectivity index (χ0v) is 11.1. The third kappa shape index (κ3) is 6.65. The molecule has 0 aromatic heterocycles. The van der Waals surface area contributed by atoms with Crippen LogP contribution in [-0.2, 0) is 9.84 Å². The van der Waals surface area contributed by atoms with Gasteiger partial charge in [-0.2, -0.15) is 0 Å². The van der Waals surface area contributed by atoms with E-state index in [0.29, 0.717) is 5.75 Å². The smallest absolute Gasteiger partial charge is 0.147 e. The third-order valence-electron chi connectivity index (χ3n) is 2.08. The number of thioether (sulfide) groups is 1. The molecule has 3 nitrogen and oxygen atoms in total. The first-order valence-corrected chi connectivity index (χ1v) is 8.15. The van der Waals surface area contributed by atoms with Crippen molar-refractivity contribution in [3.63, 3.8) is 0 Å². The molecule has 6 heteroatoms. The predicted octanol–water partition coefficient (Wildman–Crippen LogP) is 1.71. The molecule has 1 unspecified atom stereocenters. The highest BCUT2D eigenvalue weighted by Gasteiger charge is 2.09. The van der Waals surface area contributed by atoms with Crippen LogP contribution >= 0.6 is 11.8 Å². The number of aliphatic hydroxyl groups excluding tert-OH is 1. The molecule has 1 aromatic carbocycles. The van der Waals surface area contributed by atoms with Crippen LogP contribution in [0.5, 0.6) is 0 Å². The number of hydrogen-bond donors (Lipinski definition) is 1. The van der Waals surface area contributed by atoms with E-state index in [-0.39, 0.29) is 18.0 Å². The summed E-state index contributed by atoms with van der Waals surface area (Å²) < 4.78 is 34.4. The topological polar surface area (TPSA) is 54.4 Å². The Morgan fingerprint density at radius 2 is 1.94 bits per heavy atom. The monoisotopic (exact) mass is 278 g/mol. The van der Waals surface area contributed by atoms with Crippen molar-refractivity contribution in [2.24, 2.45) is 0 Å². The molecular weight excluding hydrogens is 263 g/mol. The van der Waals surface area contributed by atoms with Gasteiger partial charge in [0, 0.05) is 16.9 Å². The molecule has 1 N–H and O–H groups in total. The van der Waals surface area contributed by atoms with Crippen LogP contribution in [0.25, 0.3) is 0 Å². The van der Waals surface area contributed by atoms with Gasteiger partial charge in [0.25, 0.3) is 0 Å². The molecule has 0 aliphatic carbocycles. The first kappa shape index (κ1) is 14.5. The Bertz CT molecular complexity index is 442. The molecule has 0 heterocycles. The number of rotatable bonds is 6. The third-order valence-corrected chi connectivity index (χ3v) is 4.21. The molecule has 0 spiro atoms. The molecule has 17 heavy (non-hydrogen) atoms. The van der Waals surface area contributed by atoms with Crippen molar-refractivity contribution in [3.8, 4) is 0 Å². The molecular formula is C11H15FO3S2. The predicted molar refractivity (Wildman–Crippen MR) is 67.5 cm³/mol. The minimum atomic E-state index is -3.03. The highest BCUT2D eigenvalue weighted by Crippen LogP contribution is 2.19. The van der Waals surface area contributed by atoms with Crippen LogP contribution in [0, 0.1) is 5.82 Å². The van der Waals surface area contributed by atoms with Crippen LogP contribution in [0.15, 0.2) is 29.2 Å². The molecule has 0 bridgehead atoms. The average molecular weight is 278 g/mol. The van der Waals surface area contributed by atoms with Crippen LogP contribution in [0.1, 0.15) is 6.42 Å². The van der Waals surface area contributed by atoms with E-state index in [4.69, 9.17) is 0 Å². The van der Waals surface area contributed by atoms with Gasteiger partial charge in [-0.15, -0.1) is 11.8 Å². The molecule has 1 atom stereocenters. The lowest BCUT2D eigenvalue weighted by atomic mass is 10.3. The van der Waals surface area contributed by atoms with Crippen molar-refractivity contribution < 1.29 is 17.9 Å². The fourth-order valence-corrected chi connectivity index (χ4v) is 2.74. The summed E-state index contributed by atoms with van der Waals surface area (Å²) >= 11 is 1.38. The molecule has 0 saturated heterocycles. The van der Waals surface area contributed by atoms with E-state index in [0.717, 1.165) is 11.2 Å². The van der Waals surface area contributed by atoms with Gasteiger partial charge in [0.05, 0.1) is 11.9 Å². The number of hydrogen-bond acceptors (Lipinski definition) is 4. The van der Waals surface area contributed by atoms with Crippen molar-refractivity contribution >= 4 is 21.6 Å². The Labute approximate surface area is 105 Å². The summed E-state index contributed by atoms with van der Waals surface area (Å²) in [6.07, 6.45) is 0.708. The summed E-state index contributed by atoms with van der Waals surface area (Å²) in [7, 11) is -3.03. The van der Waals surface area contributed by atoms with E-state index in [1.165, 1.54) is 23.9 Å². The maximum atomic E-state index is 12.6. The molecule has 1 aromatic rings. The maximum Gasteiger partial charge on any atom is 0.147 e. The zero-order valence-electron chi connectivity index (χ0n) is 9.47. The summed E-state index contributed by atoms with van der Waals surface area (Å²) in [4.78, 5) is 0.852. The maximum absolute atomic E-state index is 12.6. The molecule has 0 aliphatic heterocycles. The Kier molecular flexibility index (Phi) is 5.42.